The standard InChI is InChI=1S/C8H6BrNO4S.C8H6BrNOS.C2H6/c9-5-2-1-3-6(10(13)14)8(5)15-4-7(11)12;9-5-2-1-3-6-8(5)12-4-7(11)10-6;1-2/h1-3H,4H2,(H,11,12);1-3H,4H2,(H,10,11);1-2H3. The van der Waals surface area contributed by atoms with Crippen molar-refractivity contribution in [2.24, 2.45) is 0 Å². The first-order chi connectivity index (χ1) is 13.8. The number of hydrogen-bond donors (Lipinski definition) is 2. The van der Waals surface area contributed by atoms with Gasteiger partial charge in [0.1, 0.15) is 0 Å². The van der Waals surface area contributed by atoms with Gasteiger partial charge in [0.05, 0.1) is 27.0 Å². The topological polar surface area (TPSA) is 110 Å². The zero-order valence-corrected chi connectivity index (χ0v) is 20.3. The number of nitro benzene ring substituents is 1. The molecule has 2 N–H and O–H groups in total. The van der Waals surface area contributed by atoms with Gasteiger partial charge in [-0.3, -0.25) is 19.7 Å². The number of hydrogen-bond acceptors (Lipinski definition) is 6. The Bertz CT molecular complexity index is 897. The zero-order valence-electron chi connectivity index (χ0n) is 15.5. The molecule has 0 bridgehead atoms. The summed E-state index contributed by atoms with van der Waals surface area (Å²) in [4.78, 5) is 32.9. The van der Waals surface area contributed by atoms with Crippen LogP contribution in [0.1, 0.15) is 13.8 Å². The number of amides is 1. The highest BCUT2D eigenvalue weighted by molar-refractivity contribution is 9.10. The predicted molar refractivity (Wildman–Crippen MR) is 124 cm³/mol. The molecule has 1 amide bonds. The van der Waals surface area contributed by atoms with Crippen LogP contribution in [0.4, 0.5) is 11.4 Å². The van der Waals surface area contributed by atoms with Crippen LogP contribution < -0.4 is 5.32 Å². The van der Waals surface area contributed by atoms with Crippen LogP contribution in [0, 0.1) is 10.1 Å². The molecule has 0 aliphatic carbocycles. The highest BCUT2D eigenvalue weighted by Crippen LogP contribution is 2.37. The lowest BCUT2D eigenvalue weighted by Crippen LogP contribution is -2.18. The second-order valence-corrected chi connectivity index (χ2v) is 8.66. The lowest BCUT2D eigenvalue weighted by molar-refractivity contribution is -0.387. The lowest BCUT2D eigenvalue weighted by Gasteiger charge is -2.16. The normalized spacial score (nSPS) is 11.7. The Kier molecular flexibility index (Phi) is 11.3. The van der Waals surface area contributed by atoms with E-state index in [0.29, 0.717) is 15.1 Å². The molecule has 2 aromatic rings. The molecule has 1 aliphatic heterocycles. The minimum atomic E-state index is -1.01. The van der Waals surface area contributed by atoms with E-state index in [1.165, 1.54) is 12.1 Å². The quantitative estimate of drug-likeness (QED) is 0.263. The van der Waals surface area contributed by atoms with Crippen molar-refractivity contribution in [3.8, 4) is 0 Å². The number of anilines is 1. The monoisotopic (exact) mass is 564 g/mol. The van der Waals surface area contributed by atoms with Crippen LogP contribution in [-0.2, 0) is 9.59 Å². The number of nitro groups is 1. The summed E-state index contributed by atoms with van der Waals surface area (Å²) in [5, 5.41) is 21.9. The minimum Gasteiger partial charge on any atom is -0.481 e. The molecule has 0 aromatic heterocycles. The van der Waals surface area contributed by atoms with E-state index in [9.17, 15) is 19.7 Å². The van der Waals surface area contributed by atoms with Crippen LogP contribution in [0.3, 0.4) is 0 Å². The number of rotatable bonds is 4. The van der Waals surface area contributed by atoms with Gasteiger partial charge in [-0.15, -0.1) is 23.5 Å². The van der Waals surface area contributed by atoms with Gasteiger partial charge in [-0.2, -0.15) is 0 Å². The summed E-state index contributed by atoms with van der Waals surface area (Å²) in [5.74, 6) is -0.630. The predicted octanol–water partition coefficient (Wildman–Crippen LogP) is 6.05. The molecule has 0 unspecified atom stereocenters. The summed E-state index contributed by atoms with van der Waals surface area (Å²) >= 11 is 9.06. The van der Waals surface area contributed by atoms with Crippen molar-refractivity contribution < 1.29 is 19.6 Å². The Hall–Kier alpha value is -1.56. The fraction of sp³-hybridized carbons (Fsp3) is 0.222. The molecule has 7 nitrogen and oxygen atoms in total. The van der Waals surface area contributed by atoms with Gasteiger partial charge in [0.15, 0.2) is 0 Å². The summed E-state index contributed by atoms with van der Waals surface area (Å²) in [6.07, 6.45) is 0. The number of nitrogens with zero attached hydrogens (tertiary/aromatic N) is 1. The van der Waals surface area contributed by atoms with E-state index in [1.54, 1.807) is 17.8 Å². The first-order valence-corrected chi connectivity index (χ1v) is 11.8. The van der Waals surface area contributed by atoms with Crippen LogP contribution in [-0.4, -0.2) is 33.4 Å². The molecule has 11 heteroatoms. The van der Waals surface area contributed by atoms with Crippen LogP contribution in [0.25, 0.3) is 0 Å². The second-order valence-electron chi connectivity index (χ2n) is 4.98. The molecule has 156 valence electrons. The first kappa shape index (κ1) is 25.5. The summed E-state index contributed by atoms with van der Waals surface area (Å²) in [5.41, 5.74) is 0.821. The van der Waals surface area contributed by atoms with Gasteiger partial charge < -0.3 is 10.4 Å². The molecule has 2 aromatic carbocycles. The molecule has 1 aliphatic rings. The number of carboxylic acid groups (broad SMARTS) is 1. The van der Waals surface area contributed by atoms with Crippen LogP contribution in [0.5, 0.6) is 0 Å². The van der Waals surface area contributed by atoms with Crippen molar-refractivity contribution in [1.29, 1.82) is 0 Å². The van der Waals surface area contributed by atoms with E-state index in [1.807, 2.05) is 32.0 Å². The van der Waals surface area contributed by atoms with Gasteiger partial charge >= 0.3 is 5.97 Å². The number of nitrogens with one attached hydrogen (secondary N) is 1. The van der Waals surface area contributed by atoms with Crippen molar-refractivity contribution in [3.05, 3.63) is 55.5 Å². The minimum absolute atomic E-state index is 0.0746. The van der Waals surface area contributed by atoms with Gasteiger partial charge in [0.2, 0.25) is 5.91 Å². The molecule has 29 heavy (non-hydrogen) atoms. The van der Waals surface area contributed by atoms with E-state index in [-0.39, 0.29) is 17.3 Å². The van der Waals surface area contributed by atoms with E-state index >= 15 is 0 Å². The fourth-order valence-electron chi connectivity index (χ4n) is 2.00. The third-order valence-corrected chi connectivity index (χ3v) is 7.16. The van der Waals surface area contributed by atoms with E-state index < -0.39 is 10.9 Å². The number of carbonyl (C=O) groups excluding carboxylic acids is 1. The van der Waals surface area contributed by atoms with E-state index in [2.05, 4.69) is 37.2 Å². The molecule has 3 rings (SSSR count). The first-order valence-electron chi connectivity index (χ1n) is 8.28. The fourth-order valence-corrected chi connectivity index (χ4v) is 5.00. The third kappa shape index (κ3) is 8.00. The highest BCUT2D eigenvalue weighted by Gasteiger charge is 2.18. The smallest absolute Gasteiger partial charge is 0.313 e. The molecule has 0 radical (unpaired) electrons. The maximum absolute atomic E-state index is 11.0. The van der Waals surface area contributed by atoms with Crippen molar-refractivity contribution in [3.63, 3.8) is 0 Å². The third-order valence-electron chi connectivity index (χ3n) is 3.07. The molecule has 0 atom stereocenters. The second kappa shape index (κ2) is 12.9. The van der Waals surface area contributed by atoms with Crippen molar-refractivity contribution in [2.45, 2.75) is 23.6 Å². The van der Waals surface area contributed by atoms with Crippen molar-refractivity contribution in [1.82, 2.24) is 0 Å². The lowest BCUT2D eigenvalue weighted by atomic mass is 10.3. The number of carboxylic acids is 1. The largest absolute Gasteiger partial charge is 0.481 e. The van der Waals surface area contributed by atoms with Crippen LogP contribution in [0.15, 0.2) is 55.1 Å². The summed E-state index contributed by atoms with van der Waals surface area (Å²) in [7, 11) is 0. The Morgan fingerprint density at radius 1 is 1.24 bits per heavy atom. The maximum Gasteiger partial charge on any atom is 0.313 e. The molecule has 0 saturated carbocycles. The Morgan fingerprint density at radius 2 is 1.86 bits per heavy atom. The van der Waals surface area contributed by atoms with E-state index in [4.69, 9.17) is 5.11 Å². The molecular formula is C18H18Br2N2O5S2. The SMILES string of the molecule is CC.O=C(O)CSc1c(Br)cccc1[N+](=O)[O-].O=C1CSc2c(Br)cccc2N1. The van der Waals surface area contributed by atoms with E-state index in [0.717, 1.165) is 26.8 Å². The van der Waals surface area contributed by atoms with Gasteiger partial charge in [-0.05, 0) is 50.1 Å². The number of thioether (sulfide) groups is 2. The van der Waals surface area contributed by atoms with Crippen LogP contribution in [0.2, 0.25) is 0 Å². The van der Waals surface area contributed by atoms with Crippen LogP contribution >= 0.6 is 55.4 Å². The van der Waals surface area contributed by atoms with Crippen molar-refractivity contribution in [2.75, 3.05) is 16.8 Å². The Balaban J connectivity index is 0.000000272. The average molecular weight is 566 g/mol. The zero-order chi connectivity index (χ0) is 22.0. The summed E-state index contributed by atoms with van der Waals surface area (Å²) in [6.45, 7) is 4.00. The number of fused-ring (bicyclic) bond motifs is 1. The average Bonchev–Trinajstić information content (AvgIpc) is 2.68. The molecular weight excluding hydrogens is 548 g/mol. The van der Waals surface area contributed by atoms with Gasteiger partial charge in [-0.25, -0.2) is 0 Å². The summed E-state index contributed by atoms with van der Waals surface area (Å²) < 4.78 is 1.58. The number of aliphatic carboxylic acids is 1. The van der Waals surface area contributed by atoms with Gasteiger partial charge in [0.25, 0.3) is 5.69 Å². The molecule has 0 fully saturated rings. The van der Waals surface area contributed by atoms with Gasteiger partial charge in [0, 0.05) is 19.9 Å². The summed E-state index contributed by atoms with van der Waals surface area (Å²) in [6, 6.07) is 10.3. The highest BCUT2D eigenvalue weighted by atomic mass is 79.9. The molecule has 1 heterocycles. The van der Waals surface area contributed by atoms with Crippen molar-refractivity contribution >= 4 is 78.6 Å². The number of benzene rings is 2. The Morgan fingerprint density at radius 3 is 2.48 bits per heavy atom. The Labute approximate surface area is 193 Å². The number of halogens is 2. The number of carbonyl (C=O) groups is 2. The molecule has 0 saturated heterocycles. The molecule has 0 spiro atoms. The maximum atomic E-state index is 11.0. The van der Waals surface area contributed by atoms with Gasteiger partial charge in [-0.1, -0.05) is 26.0 Å².